The molecule has 1 amide bonds. The molecule has 2 aliphatic heterocycles. The van der Waals surface area contributed by atoms with Crippen LogP contribution in [0.5, 0.6) is 17.2 Å². The van der Waals surface area contributed by atoms with Gasteiger partial charge in [-0.25, -0.2) is 0 Å². The summed E-state index contributed by atoms with van der Waals surface area (Å²) in [5, 5.41) is 0.399. The molecule has 2 aliphatic rings. The van der Waals surface area contributed by atoms with Gasteiger partial charge < -0.3 is 24.0 Å². The summed E-state index contributed by atoms with van der Waals surface area (Å²) in [5.74, 6) is 1.82. The molecule has 0 saturated carbocycles. The minimum atomic E-state index is -0.0510. The molecule has 1 saturated heterocycles. The van der Waals surface area contributed by atoms with Gasteiger partial charge in [-0.2, -0.15) is 0 Å². The number of ether oxygens (including phenoxy) is 3. The van der Waals surface area contributed by atoms with Gasteiger partial charge in [0, 0.05) is 31.7 Å². The van der Waals surface area contributed by atoms with Crippen molar-refractivity contribution in [3.05, 3.63) is 47.0 Å². The quantitative estimate of drug-likeness (QED) is 0.826. The van der Waals surface area contributed by atoms with Gasteiger partial charge in [0.15, 0.2) is 11.5 Å². The molecule has 2 heterocycles. The first kappa shape index (κ1) is 16.8. The second kappa shape index (κ2) is 6.96. The van der Waals surface area contributed by atoms with Crippen molar-refractivity contribution in [2.75, 3.05) is 45.0 Å². The van der Waals surface area contributed by atoms with Crippen LogP contribution < -0.4 is 19.1 Å². The van der Waals surface area contributed by atoms with E-state index in [1.54, 1.807) is 19.2 Å². The molecule has 0 atom stereocenters. The summed E-state index contributed by atoms with van der Waals surface area (Å²) in [6.07, 6.45) is 0. The van der Waals surface area contributed by atoms with Crippen molar-refractivity contribution in [2.45, 2.75) is 0 Å². The fraction of sp³-hybridized carbons (Fsp3) is 0.316. The van der Waals surface area contributed by atoms with Crippen molar-refractivity contribution in [1.82, 2.24) is 4.90 Å². The zero-order valence-electron chi connectivity index (χ0n) is 14.4. The molecule has 1 fully saturated rings. The Morgan fingerprint density at radius 3 is 2.65 bits per heavy atom. The number of benzene rings is 2. The van der Waals surface area contributed by atoms with Crippen LogP contribution in [0.3, 0.4) is 0 Å². The lowest BCUT2D eigenvalue weighted by atomic mass is 10.1. The van der Waals surface area contributed by atoms with Crippen LogP contribution in [0, 0.1) is 0 Å². The number of methoxy groups -OCH3 is 1. The summed E-state index contributed by atoms with van der Waals surface area (Å²) >= 11 is 6.20. The highest BCUT2D eigenvalue weighted by atomic mass is 35.5. The standard InChI is InChI=1S/C19H19ClN2O4/c1-24-16-5-3-2-4-15(16)21-6-8-22(9-7-21)19(23)13-10-14(20)18-17(11-13)25-12-26-18/h2-5,10-11H,6-9,12H2,1H3. The first-order valence-electron chi connectivity index (χ1n) is 8.44. The summed E-state index contributed by atoms with van der Waals surface area (Å²) < 4.78 is 16.1. The third-order valence-corrected chi connectivity index (χ3v) is 4.95. The number of nitrogens with zero attached hydrogens (tertiary/aromatic N) is 2. The first-order valence-corrected chi connectivity index (χ1v) is 8.81. The largest absolute Gasteiger partial charge is 0.495 e. The molecule has 0 bridgehead atoms. The molecule has 6 nitrogen and oxygen atoms in total. The molecule has 0 aliphatic carbocycles. The van der Waals surface area contributed by atoms with E-state index in [-0.39, 0.29) is 12.7 Å². The number of para-hydroxylation sites is 2. The topological polar surface area (TPSA) is 51.2 Å². The van der Waals surface area contributed by atoms with Gasteiger partial charge in [-0.3, -0.25) is 4.79 Å². The zero-order valence-corrected chi connectivity index (χ0v) is 15.2. The number of piperazine rings is 1. The van der Waals surface area contributed by atoms with Crippen LogP contribution in [-0.2, 0) is 0 Å². The molecule has 2 aromatic carbocycles. The maximum Gasteiger partial charge on any atom is 0.254 e. The fourth-order valence-corrected chi connectivity index (χ4v) is 3.58. The van der Waals surface area contributed by atoms with Crippen molar-refractivity contribution in [3.8, 4) is 17.2 Å². The molecule has 2 aromatic rings. The minimum absolute atomic E-state index is 0.0510. The van der Waals surface area contributed by atoms with Crippen molar-refractivity contribution < 1.29 is 19.0 Å². The summed E-state index contributed by atoms with van der Waals surface area (Å²) in [7, 11) is 1.67. The SMILES string of the molecule is COc1ccccc1N1CCN(C(=O)c2cc(Cl)c3c(c2)OCO3)CC1. The Kier molecular flexibility index (Phi) is 4.51. The average molecular weight is 375 g/mol. The van der Waals surface area contributed by atoms with Crippen LogP contribution in [0.4, 0.5) is 5.69 Å². The van der Waals surface area contributed by atoms with E-state index in [1.165, 1.54) is 0 Å². The molecule has 0 radical (unpaired) electrons. The molecule has 0 aromatic heterocycles. The van der Waals surface area contributed by atoms with Crippen LogP contribution in [0.15, 0.2) is 36.4 Å². The van der Waals surface area contributed by atoms with Gasteiger partial charge in [0.05, 0.1) is 17.8 Å². The maximum absolute atomic E-state index is 12.8. The highest BCUT2D eigenvalue weighted by Gasteiger charge is 2.26. The van der Waals surface area contributed by atoms with Crippen LogP contribution in [0.2, 0.25) is 5.02 Å². The molecule has 7 heteroatoms. The Balaban J connectivity index is 1.47. The number of fused-ring (bicyclic) bond motifs is 1. The average Bonchev–Trinajstić information content (AvgIpc) is 3.17. The number of carbonyl (C=O) groups excluding carboxylic acids is 1. The van der Waals surface area contributed by atoms with Gasteiger partial charge in [-0.05, 0) is 24.3 Å². The number of anilines is 1. The van der Waals surface area contributed by atoms with Crippen molar-refractivity contribution in [1.29, 1.82) is 0 Å². The van der Waals surface area contributed by atoms with E-state index in [2.05, 4.69) is 4.90 Å². The van der Waals surface area contributed by atoms with Gasteiger partial charge in [0.25, 0.3) is 5.91 Å². The lowest BCUT2D eigenvalue weighted by molar-refractivity contribution is 0.0746. The monoisotopic (exact) mass is 374 g/mol. The van der Waals surface area contributed by atoms with Gasteiger partial charge in [0.2, 0.25) is 6.79 Å². The number of hydrogen-bond donors (Lipinski definition) is 0. The van der Waals surface area contributed by atoms with E-state index in [0.717, 1.165) is 24.5 Å². The molecular weight excluding hydrogens is 356 g/mol. The number of carbonyl (C=O) groups is 1. The molecular formula is C19H19ClN2O4. The van der Waals surface area contributed by atoms with E-state index in [1.807, 2.05) is 29.2 Å². The highest BCUT2D eigenvalue weighted by molar-refractivity contribution is 6.32. The zero-order chi connectivity index (χ0) is 18.1. The molecule has 4 rings (SSSR count). The maximum atomic E-state index is 12.8. The molecule has 0 N–H and O–H groups in total. The van der Waals surface area contributed by atoms with E-state index in [9.17, 15) is 4.79 Å². The van der Waals surface area contributed by atoms with Gasteiger partial charge >= 0.3 is 0 Å². The molecule has 26 heavy (non-hydrogen) atoms. The molecule has 0 spiro atoms. The van der Waals surface area contributed by atoms with Gasteiger partial charge in [-0.1, -0.05) is 23.7 Å². The highest BCUT2D eigenvalue weighted by Crippen LogP contribution is 2.40. The summed E-state index contributed by atoms with van der Waals surface area (Å²) in [5.41, 5.74) is 1.57. The van der Waals surface area contributed by atoms with E-state index < -0.39 is 0 Å². The third kappa shape index (κ3) is 3.01. The number of hydrogen-bond acceptors (Lipinski definition) is 5. The van der Waals surface area contributed by atoms with E-state index in [4.69, 9.17) is 25.8 Å². The summed E-state index contributed by atoms with van der Waals surface area (Å²) in [4.78, 5) is 16.9. The Labute approximate surface area is 156 Å². The minimum Gasteiger partial charge on any atom is -0.495 e. The first-order chi connectivity index (χ1) is 12.7. The third-order valence-electron chi connectivity index (χ3n) is 4.67. The Bertz CT molecular complexity index is 834. The predicted octanol–water partition coefficient (Wildman–Crippen LogP) is 3.04. The van der Waals surface area contributed by atoms with E-state index in [0.29, 0.717) is 35.2 Å². The van der Waals surface area contributed by atoms with Crippen LogP contribution in [0.25, 0.3) is 0 Å². The van der Waals surface area contributed by atoms with Crippen molar-refractivity contribution >= 4 is 23.2 Å². The summed E-state index contributed by atoms with van der Waals surface area (Å²) in [6, 6.07) is 11.3. The Morgan fingerprint density at radius 1 is 1.12 bits per heavy atom. The fourth-order valence-electron chi connectivity index (χ4n) is 3.31. The second-order valence-corrected chi connectivity index (χ2v) is 6.55. The molecule has 136 valence electrons. The van der Waals surface area contributed by atoms with Gasteiger partial charge in [-0.15, -0.1) is 0 Å². The molecule has 0 unspecified atom stereocenters. The lowest BCUT2D eigenvalue weighted by Gasteiger charge is -2.36. The second-order valence-electron chi connectivity index (χ2n) is 6.14. The van der Waals surface area contributed by atoms with Crippen LogP contribution >= 0.6 is 11.6 Å². The Morgan fingerprint density at radius 2 is 1.88 bits per heavy atom. The van der Waals surface area contributed by atoms with Crippen LogP contribution in [-0.4, -0.2) is 50.9 Å². The smallest absolute Gasteiger partial charge is 0.254 e. The number of rotatable bonds is 3. The normalized spacial score (nSPS) is 15.9. The van der Waals surface area contributed by atoms with Crippen molar-refractivity contribution in [3.63, 3.8) is 0 Å². The lowest BCUT2D eigenvalue weighted by Crippen LogP contribution is -2.48. The predicted molar refractivity (Wildman–Crippen MR) is 98.7 cm³/mol. The summed E-state index contributed by atoms with van der Waals surface area (Å²) in [6.45, 7) is 2.87. The van der Waals surface area contributed by atoms with Crippen LogP contribution in [0.1, 0.15) is 10.4 Å². The number of halogens is 1. The number of amides is 1. The van der Waals surface area contributed by atoms with Crippen molar-refractivity contribution in [2.24, 2.45) is 0 Å². The van der Waals surface area contributed by atoms with E-state index >= 15 is 0 Å². The Hall–Kier alpha value is -2.60. The van der Waals surface area contributed by atoms with Gasteiger partial charge in [0.1, 0.15) is 5.75 Å².